The molecule has 0 unspecified atom stereocenters. The van der Waals surface area contributed by atoms with E-state index in [9.17, 15) is 9.90 Å². The Labute approximate surface area is 166 Å². The molecule has 0 bridgehead atoms. The van der Waals surface area contributed by atoms with Crippen molar-refractivity contribution in [3.8, 4) is 11.4 Å². The monoisotopic (exact) mass is 392 g/mol. The van der Waals surface area contributed by atoms with E-state index in [1.165, 1.54) is 10.6 Å². The first-order chi connectivity index (χ1) is 14.0. The van der Waals surface area contributed by atoms with Crippen molar-refractivity contribution in [2.75, 3.05) is 5.32 Å². The molecule has 10 nitrogen and oxygen atoms in total. The number of carbonyl (C=O) groups is 1. The molecule has 0 aliphatic carbocycles. The number of fused-ring (bicyclic) bond motifs is 1. The van der Waals surface area contributed by atoms with Gasteiger partial charge in [-0.2, -0.15) is 9.90 Å². The summed E-state index contributed by atoms with van der Waals surface area (Å²) in [5.74, 6) is 0.505. The van der Waals surface area contributed by atoms with Crippen LogP contribution < -0.4 is 5.32 Å². The molecule has 0 aliphatic heterocycles. The number of tetrazole rings is 1. The average Bonchev–Trinajstić information content (AvgIpc) is 3.35. The van der Waals surface area contributed by atoms with Gasteiger partial charge in [-0.1, -0.05) is 19.1 Å². The molecule has 0 saturated carbocycles. The van der Waals surface area contributed by atoms with E-state index in [-0.39, 0.29) is 11.6 Å². The molecule has 4 rings (SSSR count). The molecule has 0 atom stereocenters. The Morgan fingerprint density at radius 1 is 1.24 bits per heavy atom. The van der Waals surface area contributed by atoms with Gasteiger partial charge in [-0.25, -0.2) is 14.3 Å². The maximum absolute atomic E-state index is 11.6. The Hall–Kier alpha value is -3.82. The predicted octanol–water partition coefficient (Wildman–Crippen LogP) is 2.97. The fourth-order valence-corrected chi connectivity index (χ4v) is 2.91. The van der Waals surface area contributed by atoms with Crippen molar-refractivity contribution in [2.45, 2.75) is 33.2 Å². The van der Waals surface area contributed by atoms with Gasteiger partial charge in [0.05, 0.1) is 11.6 Å². The average molecular weight is 392 g/mol. The summed E-state index contributed by atoms with van der Waals surface area (Å²) >= 11 is 0. The van der Waals surface area contributed by atoms with Crippen LogP contribution >= 0.6 is 0 Å². The van der Waals surface area contributed by atoms with Gasteiger partial charge in [-0.15, -0.1) is 10.2 Å². The lowest BCUT2D eigenvalue weighted by Gasteiger charge is -2.10. The van der Waals surface area contributed by atoms with Crippen LogP contribution in [-0.4, -0.2) is 45.9 Å². The summed E-state index contributed by atoms with van der Waals surface area (Å²) in [6, 6.07) is 9.12. The summed E-state index contributed by atoms with van der Waals surface area (Å²) in [5, 5.41) is 29.6. The Balaban J connectivity index is 1.75. The molecule has 2 N–H and O–H groups in total. The Morgan fingerprint density at radius 3 is 2.76 bits per heavy atom. The number of nitrogens with one attached hydrogen (secondary N) is 1. The second-order valence-electron chi connectivity index (χ2n) is 6.79. The number of aryl methyl sites for hydroxylation is 1. The van der Waals surface area contributed by atoms with E-state index < -0.39 is 5.97 Å². The first-order valence-electron chi connectivity index (χ1n) is 9.24. The summed E-state index contributed by atoms with van der Waals surface area (Å²) in [5.41, 5.74) is 2.05. The number of rotatable bonds is 6. The van der Waals surface area contributed by atoms with Crippen LogP contribution in [0.5, 0.6) is 0 Å². The van der Waals surface area contributed by atoms with Crippen molar-refractivity contribution in [1.29, 1.82) is 0 Å². The molecule has 10 heteroatoms. The molecule has 0 saturated heterocycles. The van der Waals surface area contributed by atoms with Crippen molar-refractivity contribution in [1.82, 2.24) is 34.8 Å². The molecular weight excluding hydrogens is 372 g/mol. The van der Waals surface area contributed by atoms with Crippen LogP contribution in [0.15, 0.2) is 36.5 Å². The van der Waals surface area contributed by atoms with Gasteiger partial charge in [0, 0.05) is 23.9 Å². The minimum atomic E-state index is -1.04. The summed E-state index contributed by atoms with van der Waals surface area (Å²) in [4.78, 5) is 17.7. The predicted molar refractivity (Wildman–Crippen MR) is 106 cm³/mol. The smallest absolute Gasteiger partial charge is 0.338 e. The highest BCUT2D eigenvalue weighted by Crippen LogP contribution is 2.26. The maximum Gasteiger partial charge on any atom is 0.338 e. The number of carboxylic acid groups (broad SMARTS) is 1. The van der Waals surface area contributed by atoms with Crippen LogP contribution in [0.1, 0.15) is 43.0 Å². The fourth-order valence-electron chi connectivity index (χ4n) is 2.91. The van der Waals surface area contributed by atoms with Gasteiger partial charge in [0.25, 0.3) is 0 Å². The molecule has 0 aliphatic rings. The summed E-state index contributed by atoms with van der Waals surface area (Å²) in [6.45, 7) is 5.90. The van der Waals surface area contributed by atoms with E-state index in [0.29, 0.717) is 29.4 Å². The zero-order chi connectivity index (χ0) is 20.5. The van der Waals surface area contributed by atoms with Gasteiger partial charge in [0.15, 0.2) is 11.6 Å². The van der Waals surface area contributed by atoms with Gasteiger partial charge < -0.3 is 10.4 Å². The van der Waals surface area contributed by atoms with E-state index in [4.69, 9.17) is 0 Å². The van der Waals surface area contributed by atoms with Crippen molar-refractivity contribution >= 4 is 23.0 Å². The SMILES string of the molecule is CCc1nc(Nc2cccc(-c3nnn(C(C)C)n3)c2)c2c(C(=O)O)ccn2n1. The maximum atomic E-state index is 11.6. The normalized spacial score (nSPS) is 11.3. The molecule has 3 aromatic heterocycles. The summed E-state index contributed by atoms with van der Waals surface area (Å²) < 4.78 is 1.54. The highest BCUT2D eigenvalue weighted by molar-refractivity contribution is 5.99. The molecule has 29 heavy (non-hydrogen) atoms. The number of aromatic nitrogens is 7. The molecule has 0 spiro atoms. The van der Waals surface area contributed by atoms with Crippen LogP contribution in [0.25, 0.3) is 16.9 Å². The van der Waals surface area contributed by atoms with E-state index in [0.717, 1.165) is 11.3 Å². The molecule has 148 valence electrons. The summed E-state index contributed by atoms with van der Waals surface area (Å²) in [7, 11) is 0. The lowest BCUT2D eigenvalue weighted by molar-refractivity contribution is 0.0699. The first-order valence-corrected chi connectivity index (χ1v) is 9.24. The lowest BCUT2D eigenvalue weighted by Crippen LogP contribution is -2.07. The van der Waals surface area contributed by atoms with Crippen LogP contribution in [0.2, 0.25) is 0 Å². The van der Waals surface area contributed by atoms with Crippen LogP contribution in [-0.2, 0) is 6.42 Å². The lowest BCUT2D eigenvalue weighted by atomic mass is 10.2. The third-order valence-corrected chi connectivity index (χ3v) is 4.38. The minimum Gasteiger partial charge on any atom is -0.478 e. The standard InChI is InChI=1S/C19H20N8O2/c1-4-15-21-18(16-14(19(28)29)8-9-26(16)23-15)20-13-7-5-6-12(10-13)17-22-25-27(24-17)11(2)3/h5-11H,4H2,1-3H3,(H,28,29)(H,20,21,23). The number of aromatic carboxylic acids is 1. The second-order valence-corrected chi connectivity index (χ2v) is 6.79. The van der Waals surface area contributed by atoms with Crippen LogP contribution in [0.4, 0.5) is 11.5 Å². The zero-order valence-electron chi connectivity index (χ0n) is 16.2. The highest BCUT2D eigenvalue weighted by atomic mass is 16.4. The number of carboxylic acids is 1. The van der Waals surface area contributed by atoms with Crippen LogP contribution in [0, 0.1) is 0 Å². The number of hydrogen-bond donors (Lipinski definition) is 2. The summed E-state index contributed by atoms with van der Waals surface area (Å²) in [6.07, 6.45) is 2.24. The first kappa shape index (κ1) is 18.5. The highest BCUT2D eigenvalue weighted by Gasteiger charge is 2.17. The number of anilines is 2. The second kappa shape index (κ2) is 7.30. The van der Waals surface area contributed by atoms with Gasteiger partial charge in [0.2, 0.25) is 5.82 Å². The van der Waals surface area contributed by atoms with E-state index in [1.54, 1.807) is 11.0 Å². The quantitative estimate of drug-likeness (QED) is 0.513. The van der Waals surface area contributed by atoms with Gasteiger partial charge in [-0.3, -0.25) is 0 Å². The Morgan fingerprint density at radius 2 is 2.07 bits per heavy atom. The molecule has 0 radical (unpaired) electrons. The molecule has 3 heterocycles. The van der Waals surface area contributed by atoms with Gasteiger partial charge in [0.1, 0.15) is 5.52 Å². The number of hydrogen-bond acceptors (Lipinski definition) is 7. The van der Waals surface area contributed by atoms with Crippen LogP contribution in [0.3, 0.4) is 0 Å². The van der Waals surface area contributed by atoms with Crippen molar-refractivity contribution in [3.63, 3.8) is 0 Å². The van der Waals surface area contributed by atoms with Crippen molar-refractivity contribution < 1.29 is 9.90 Å². The molecule has 0 amide bonds. The largest absolute Gasteiger partial charge is 0.478 e. The number of nitrogens with zero attached hydrogens (tertiary/aromatic N) is 7. The molecule has 0 fully saturated rings. The van der Waals surface area contributed by atoms with Crippen molar-refractivity contribution in [2.24, 2.45) is 0 Å². The topological polar surface area (TPSA) is 123 Å². The fraction of sp³-hybridized carbons (Fsp3) is 0.263. The third kappa shape index (κ3) is 3.51. The third-order valence-electron chi connectivity index (χ3n) is 4.38. The van der Waals surface area contributed by atoms with E-state index in [1.807, 2.05) is 45.0 Å². The number of benzene rings is 1. The molecule has 1 aromatic carbocycles. The van der Waals surface area contributed by atoms with E-state index in [2.05, 4.69) is 30.8 Å². The zero-order valence-corrected chi connectivity index (χ0v) is 16.2. The van der Waals surface area contributed by atoms with E-state index >= 15 is 0 Å². The van der Waals surface area contributed by atoms with Gasteiger partial charge >= 0.3 is 5.97 Å². The Kier molecular flexibility index (Phi) is 4.67. The molecular formula is C19H20N8O2. The van der Waals surface area contributed by atoms with Gasteiger partial charge in [-0.05, 0) is 37.3 Å². The molecule has 4 aromatic rings. The minimum absolute atomic E-state index is 0.114. The Bertz CT molecular complexity index is 1190. The van der Waals surface area contributed by atoms with Crippen molar-refractivity contribution in [3.05, 3.63) is 47.9 Å².